The molecule has 0 aromatic heterocycles. The van der Waals surface area contributed by atoms with Gasteiger partial charge >= 0.3 is 0 Å². The summed E-state index contributed by atoms with van der Waals surface area (Å²) in [7, 11) is 1.79. The fraction of sp³-hybridized carbons (Fsp3) is 0.667. The summed E-state index contributed by atoms with van der Waals surface area (Å²) >= 11 is 0. The number of anilines is 1. The Labute approximate surface area is 128 Å². The average molecular weight is 288 g/mol. The molecular weight excluding hydrogens is 260 g/mol. The van der Waals surface area contributed by atoms with Gasteiger partial charge in [-0.3, -0.25) is 4.90 Å². The maximum Gasteiger partial charge on any atom is 0.0503 e. The number of piperazine rings is 1. The Morgan fingerprint density at radius 3 is 2.90 bits per heavy atom. The van der Waals surface area contributed by atoms with Gasteiger partial charge in [-0.1, -0.05) is 25.1 Å². The number of rotatable bonds is 5. The van der Waals surface area contributed by atoms with Crippen LogP contribution in [0.1, 0.15) is 31.7 Å². The Balaban J connectivity index is 1.83. The molecule has 2 aliphatic heterocycles. The Bertz CT molecular complexity index is 462. The van der Waals surface area contributed by atoms with Gasteiger partial charge in [-0.2, -0.15) is 0 Å². The van der Waals surface area contributed by atoms with Crippen LogP contribution in [0, 0.1) is 0 Å². The Hall–Kier alpha value is -1.06. The molecule has 3 rings (SSSR count). The van der Waals surface area contributed by atoms with E-state index in [9.17, 15) is 0 Å². The van der Waals surface area contributed by atoms with Crippen molar-refractivity contribution in [2.75, 3.05) is 38.3 Å². The lowest BCUT2D eigenvalue weighted by molar-refractivity contribution is 0.193. The van der Waals surface area contributed by atoms with Crippen molar-refractivity contribution >= 4 is 5.69 Å². The second-order valence-corrected chi connectivity index (χ2v) is 6.38. The summed E-state index contributed by atoms with van der Waals surface area (Å²) in [6, 6.07) is 10.3. The first-order chi connectivity index (χ1) is 10.3. The van der Waals surface area contributed by atoms with Crippen LogP contribution < -0.4 is 4.90 Å². The standard InChI is InChI=1S/C18H28N2O/c1-3-16-13-19-11-6-8-17(19)14-20(16)18-9-5-4-7-15(18)10-12-21-2/h4-5,7,9,16-17H,3,6,8,10-14H2,1-2H3. The van der Waals surface area contributed by atoms with Crippen LogP contribution in [0.5, 0.6) is 0 Å². The Morgan fingerprint density at radius 1 is 1.24 bits per heavy atom. The highest BCUT2D eigenvalue weighted by Gasteiger charge is 2.36. The molecule has 21 heavy (non-hydrogen) atoms. The summed E-state index contributed by atoms with van der Waals surface area (Å²) < 4.78 is 5.28. The zero-order valence-electron chi connectivity index (χ0n) is 13.4. The van der Waals surface area contributed by atoms with Gasteiger partial charge in [-0.05, 0) is 43.9 Å². The molecule has 0 amide bonds. The number of methoxy groups -OCH3 is 1. The lowest BCUT2D eigenvalue weighted by Gasteiger charge is -2.45. The normalized spacial score (nSPS) is 26.1. The van der Waals surface area contributed by atoms with E-state index in [1.807, 2.05) is 0 Å². The molecule has 1 aromatic carbocycles. The summed E-state index contributed by atoms with van der Waals surface area (Å²) in [6.45, 7) is 6.87. The molecule has 2 fully saturated rings. The zero-order valence-corrected chi connectivity index (χ0v) is 13.4. The first-order valence-corrected chi connectivity index (χ1v) is 8.41. The number of benzene rings is 1. The number of para-hydroxylation sites is 1. The molecule has 0 radical (unpaired) electrons. The third-order valence-electron chi connectivity index (χ3n) is 5.14. The summed E-state index contributed by atoms with van der Waals surface area (Å²) in [5.41, 5.74) is 2.87. The van der Waals surface area contributed by atoms with E-state index in [-0.39, 0.29) is 0 Å². The Morgan fingerprint density at radius 2 is 2.10 bits per heavy atom. The molecular formula is C18H28N2O. The molecule has 1 aromatic rings. The van der Waals surface area contributed by atoms with Gasteiger partial charge in [0.1, 0.15) is 0 Å². The maximum absolute atomic E-state index is 5.28. The van der Waals surface area contributed by atoms with Gasteiger partial charge in [-0.15, -0.1) is 0 Å². The van der Waals surface area contributed by atoms with Crippen LogP contribution >= 0.6 is 0 Å². The van der Waals surface area contributed by atoms with Gasteiger partial charge in [-0.25, -0.2) is 0 Å². The summed E-state index contributed by atoms with van der Waals surface area (Å²) in [4.78, 5) is 5.39. The van der Waals surface area contributed by atoms with Crippen LogP contribution in [0.25, 0.3) is 0 Å². The number of hydrogen-bond donors (Lipinski definition) is 0. The molecule has 2 saturated heterocycles. The summed E-state index contributed by atoms with van der Waals surface area (Å²) in [5, 5.41) is 0. The highest BCUT2D eigenvalue weighted by Crippen LogP contribution is 2.32. The predicted octanol–water partition coefficient (Wildman–Crippen LogP) is 2.94. The van der Waals surface area contributed by atoms with Crippen molar-refractivity contribution in [1.29, 1.82) is 0 Å². The quantitative estimate of drug-likeness (QED) is 0.828. The third kappa shape index (κ3) is 3.09. The number of hydrogen-bond acceptors (Lipinski definition) is 3. The summed E-state index contributed by atoms with van der Waals surface area (Å²) in [5.74, 6) is 0. The molecule has 2 heterocycles. The van der Waals surface area contributed by atoms with Crippen LogP contribution in [-0.4, -0.2) is 50.3 Å². The van der Waals surface area contributed by atoms with Gasteiger partial charge < -0.3 is 9.64 Å². The van der Waals surface area contributed by atoms with Crippen LogP contribution in [0.3, 0.4) is 0 Å². The number of ether oxygens (including phenoxy) is 1. The first-order valence-electron chi connectivity index (χ1n) is 8.41. The molecule has 3 nitrogen and oxygen atoms in total. The second kappa shape index (κ2) is 6.80. The molecule has 0 aliphatic carbocycles. The minimum absolute atomic E-state index is 0.656. The van der Waals surface area contributed by atoms with E-state index in [0.717, 1.165) is 19.1 Å². The van der Waals surface area contributed by atoms with Crippen LogP contribution in [-0.2, 0) is 11.2 Å². The van der Waals surface area contributed by atoms with Crippen molar-refractivity contribution in [2.24, 2.45) is 0 Å². The predicted molar refractivity (Wildman–Crippen MR) is 88.0 cm³/mol. The zero-order chi connectivity index (χ0) is 14.7. The van der Waals surface area contributed by atoms with Crippen LogP contribution in [0.15, 0.2) is 24.3 Å². The van der Waals surface area contributed by atoms with E-state index < -0.39 is 0 Å². The van der Waals surface area contributed by atoms with Crippen molar-refractivity contribution in [1.82, 2.24) is 4.90 Å². The lowest BCUT2D eigenvalue weighted by atomic mass is 10.0. The van der Waals surface area contributed by atoms with E-state index in [4.69, 9.17) is 4.74 Å². The molecule has 2 atom stereocenters. The topological polar surface area (TPSA) is 15.7 Å². The number of nitrogens with zero attached hydrogens (tertiary/aromatic N) is 2. The van der Waals surface area contributed by atoms with Gasteiger partial charge in [0.25, 0.3) is 0 Å². The smallest absolute Gasteiger partial charge is 0.0503 e. The molecule has 0 bridgehead atoms. The van der Waals surface area contributed by atoms with E-state index >= 15 is 0 Å². The monoisotopic (exact) mass is 288 g/mol. The fourth-order valence-corrected chi connectivity index (χ4v) is 3.95. The van der Waals surface area contributed by atoms with Crippen LogP contribution in [0.2, 0.25) is 0 Å². The SMILES string of the molecule is CCC1CN2CCCC2CN1c1ccccc1CCOC. The van der Waals surface area contributed by atoms with Crippen molar-refractivity contribution in [3.05, 3.63) is 29.8 Å². The second-order valence-electron chi connectivity index (χ2n) is 6.38. The van der Waals surface area contributed by atoms with Gasteiger partial charge in [0, 0.05) is 38.0 Å². The minimum Gasteiger partial charge on any atom is -0.384 e. The largest absolute Gasteiger partial charge is 0.384 e. The van der Waals surface area contributed by atoms with Gasteiger partial charge in [0.05, 0.1) is 6.61 Å². The fourth-order valence-electron chi connectivity index (χ4n) is 3.95. The van der Waals surface area contributed by atoms with Crippen molar-refractivity contribution in [2.45, 2.75) is 44.7 Å². The molecule has 2 aliphatic rings. The van der Waals surface area contributed by atoms with E-state index in [2.05, 4.69) is 41.0 Å². The van der Waals surface area contributed by atoms with Gasteiger partial charge in [0.15, 0.2) is 0 Å². The summed E-state index contributed by atoms with van der Waals surface area (Å²) in [6.07, 6.45) is 4.98. The third-order valence-corrected chi connectivity index (χ3v) is 5.14. The Kier molecular flexibility index (Phi) is 4.81. The molecule has 3 heteroatoms. The molecule has 0 N–H and O–H groups in total. The molecule has 116 valence electrons. The van der Waals surface area contributed by atoms with Gasteiger partial charge in [0.2, 0.25) is 0 Å². The highest BCUT2D eigenvalue weighted by molar-refractivity contribution is 5.55. The lowest BCUT2D eigenvalue weighted by Crippen LogP contribution is -2.56. The van der Waals surface area contributed by atoms with Crippen molar-refractivity contribution in [3.8, 4) is 0 Å². The maximum atomic E-state index is 5.28. The minimum atomic E-state index is 0.656. The van der Waals surface area contributed by atoms with E-state index in [1.54, 1.807) is 7.11 Å². The highest BCUT2D eigenvalue weighted by atomic mass is 16.5. The van der Waals surface area contributed by atoms with Crippen molar-refractivity contribution < 1.29 is 4.74 Å². The average Bonchev–Trinajstić information content (AvgIpc) is 2.99. The van der Waals surface area contributed by atoms with E-state index in [0.29, 0.717) is 6.04 Å². The van der Waals surface area contributed by atoms with Crippen molar-refractivity contribution in [3.63, 3.8) is 0 Å². The molecule has 2 unspecified atom stereocenters. The molecule has 0 spiro atoms. The van der Waals surface area contributed by atoms with E-state index in [1.165, 1.54) is 50.1 Å². The first kappa shape index (κ1) is 14.9. The molecule has 0 saturated carbocycles. The van der Waals surface area contributed by atoms with Crippen LogP contribution in [0.4, 0.5) is 5.69 Å². The number of fused-ring (bicyclic) bond motifs is 1.